The van der Waals surface area contributed by atoms with Crippen LogP contribution in [-0.4, -0.2) is 11.8 Å². The van der Waals surface area contributed by atoms with Crippen LogP contribution in [0.2, 0.25) is 5.02 Å². The van der Waals surface area contributed by atoms with E-state index in [1.165, 1.54) is 0 Å². The van der Waals surface area contributed by atoms with Crippen LogP contribution in [0, 0.1) is 6.92 Å². The first kappa shape index (κ1) is 19.9. The van der Waals surface area contributed by atoms with E-state index in [1.807, 2.05) is 48.5 Å². The molecule has 0 radical (unpaired) electrons. The van der Waals surface area contributed by atoms with Gasteiger partial charge in [0.2, 0.25) is 0 Å². The molecule has 0 aliphatic carbocycles. The number of nitrogens with one attached hydrogen (secondary N) is 2. The van der Waals surface area contributed by atoms with Crippen LogP contribution in [0.4, 0.5) is 17.1 Å². The fraction of sp³-hybridized carbons (Fsp3) is 0.0400. The molecule has 5 rings (SSSR count). The fourth-order valence-corrected chi connectivity index (χ4v) is 3.93. The second-order valence-corrected chi connectivity index (χ2v) is 7.94. The van der Waals surface area contributed by atoms with Gasteiger partial charge in [-0.05, 0) is 67.1 Å². The smallest absolute Gasteiger partial charge is 0.262 e. The Bertz CT molecular complexity index is 1300. The zero-order valence-corrected chi connectivity index (χ0v) is 17.9. The number of fused-ring (bicyclic) bond motifs is 3. The number of benzene rings is 3. The number of halogens is 1. The molecule has 0 bridgehead atoms. The van der Waals surface area contributed by atoms with E-state index < -0.39 is 0 Å². The summed E-state index contributed by atoms with van der Waals surface area (Å²) in [4.78, 5) is 27.6. The van der Waals surface area contributed by atoms with Gasteiger partial charge in [0.05, 0.1) is 17.1 Å². The average molecular weight is 443 g/mol. The molecule has 2 N–H and O–H groups in total. The lowest BCUT2D eigenvalue weighted by atomic mass is 10.1. The topological polar surface area (TPSA) is 64.7 Å². The van der Waals surface area contributed by atoms with Crippen molar-refractivity contribution >= 4 is 40.5 Å². The Kier molecular flexibility index (Phi) is 4.92. The third kappa shape index (κ3) is 3.50. The summed E-state index contributed by atoms with van der Waals surface area (Å²) in [6.07, 6.45) is 5.54. The molecule has 0 aromatic heterocycles. The van der Waals surface area contributed by atoms with Crippen LogP contribution >= 0.6 is 11.6 Å². The quantitative estimate of drug-likeness (QED) is 0.582. The summed E-state index contributed by atoms with van der Waals surface area (Å²) in [7, 11) is 0. The van der Waals surface area contributed by atoms with E-state index >= 15 is 0 Å². The van der Waals surface area contributed by atoms with Crippen molar-refractivity contribution in [3.05, 3.63) is 113 Å². The van der Waals surface area contributed by atoms with Crippen molar-refractivity contribution in [1.29, 1.82) is 0 Å². The van der Waals surface area contributed by atoms with Gasteiger partial charge >= 0.3 is 0 Å². The second-order valence-electron chi connectivity index (χ2n) is 7.51. The Balaban J connectivity index is 1.38. The van der Waals surface area contributed by atoms with Crippen LogP contribution in [-0.2, 0) is 0 Å². The van der Waals surface area contributed by atoms with E-state index in [0.717, 1.165) is 22.6 Å². The first-order valence-electron chi connectivity index (χ1n) is 10.1. The SMILES string of the molecule is Cc1ccc(Cl)cc1C(=O)Nc1ccc(C(=O)N2C=C3C=CNN3c3ccccc32)cc1. The summed E-state index contributed by atoms with van der Waals surface area (Å²) in [6, 6.07) is 19.7. The van der Waals surface area contributed by atoms with Crippen molar-refractivity contribution in [2.45, 2.75) is 6.92 Å². The minimum Gasteiger partial charge on any atom is -0.322 e. The van der Waals surface area contributed by atoms with Crippen LogP contribution in [0.25, 0.3) is 0 Å². The van der Waals surface area contributed by atoms with Gasteiger partial charge in [0, 0.05) is 34.2 Å². The number of nitrogens with zero attached hydrogens (tertiary/aromatic N) is 2. The number of allylic oxidation sites excluding steroid dienone is 1. The van der Waals surface area contributed by atoms with Gasteiger partial charge in [0.1, 0.15) is 0 Å². The summed E-state index contributed by atoms with van der Waals surface area (Å²) < 4.78 is 0. The van der Waals surface area contributed by atoms with E-state index in [0.29, 0.717) is 21.8 Å². The minimum atomic E-state index is -0.251. The van der Waals surface area contributed by atoms with Crippen LogP contribution in [0.3, 0.4) is 0 Å². The van der Waals surface area contributed by atoms with Gasteiger partial charge < -0.3 is 10.7 Å². The lowest BCUT2D eigenvalue weighted by Gasteiger charge is -2.33. The van der Waals surface area contributed by atoms with Gasteiger partial charge in [-0.25, -0.2) is 0 Å². The summed E-state index contributed by atoms with van der Waals surface area (Å²) in [5, 5.41) is 5.29. The molecule has 2 amide bonds. The zero-order chi connectivity index (χ0) is 22.2. The average Bonchev–Trinajstić information content (AvgIpc) is 3.29. The van der Waals surface area contributed by atoms with Gasteiger partial charge in [-0.3, -0.25) is 19.5 Å². The van der Waals surface area contributed by atoms with Gasteiger partial charge in [-0.1, -0.05) is 29.8 Å². The number of para-hydroxylation sites is 2. The molecular weight excluding hydrogens is 424 g/mol. The molecule has 0 saturated carbocycles. The van der Waals surface area contributed by atoms with Crippen molar-refractivity contribution in [1.82, 2.24) is 5.43 Å². The fourth-order valence-electron chi connectivity index (χ4n) is 3.75. The van der Waals surface area contributed by atoms with E-state index in [-0.39, 0.29) is 11.8 Å². The van der Waals surface area contributed by atoms with Crippen molar-refractivity contribution in [3.63, 3.8) is 0 Å². The van der Waals surface area contributed by atoms with Crippen LogP contribution in [0.1, 0.15) is 26.3 Å². The highest BCUT2D eigenvalue weighted by Crippen LogP contribution is 2.37. The zero-order valence-electron chi connectivity index (χ0n) is 17.2. The van der Waals surface area contributed by atoms with Crippen LogP contribution in [0.15, 0.2) is 90.9 Å². The molecule has 7 heteroatoms. The maximum Gasteiger partial charge on any atom is 0.262 e. The Labute approximate surface area is 190 Å². The largest absolute Gasteiger partial charge is 0.322 e. The van der Waals surface area contributed by atoms with Gasteiger partial charge in [-0.2, -0.15) is 0 Å². The van der Waals surface area contributed by atoms with Gasteiger partial charge in [-0.15, -0.1) is 0 Å². The number of hydrogen-bond donors (Lipinski definition) is 2. The normalized spacial score (nSPS) is 13.8. The Morgan fingerprint density at radius 3 is 2.50 bits per heavy atom. The predicted molar refractivity (Wildman–Crippen MR) is 127 cm³/mol. The molecule has 2 heterocycles. The highest BCUT2D eigenvalue weighted by Gasteiger charge is 2.29. The molecule has 32 heavy (non-hydrogen) atoms. The summed E-state index contributed by atoms with van der Waals surface area (Å²) >= 11 is 6.03. The standard InChI is InChI=1S/C25H19ClN4O2/c1-16-6-9-18(26)14-21(16)24(31)28-19-10-7-17(8-11-19)25(32)29-15-20-12-13-27-30(20)23-5-3-2-4-22(23)29/h2-15,27H,1H3,(H,28,31). The first-order valence-corrected chi connectivity index (χ1v) is 10.4. The summed E-state index contributed by atoms with van der Waals surface area (Å²) in [5.41, 5.74) is 8.16. The number of aryl methyl sites for hydroxylation is 1. The molecule has 3 aromatic carbocycles. The molecule has 0 saturated heterocycles. The molecule has 2 aliphatic rings. The molecular formula is C25H19ClN4O2. The highest BCUT2D eigenvalue weighted by atomic mass is 35.5. The van der Waals surface area contributed by atoms with Crippen LogP contribution < -0.4 is 20.7 Å². The number of amides is 2. The first-order chi connectivity index (χ1) is 15.5. The number of carbonyl (C=O) groups excluding carboxylic acids is 2. The maximum absolute atomic E-state index is 13.3. The Morgan fingerprint density at radius 2 is 1.72 bits per heavy atom. The highest BCUT2D eigenvalue weighted by molar-refractivity contribution is 6.31. The number of hydrazine groups is 1. The third-order valence-electron chi connectivity index (χ3n) is 5.41. The number of anilines is 3. The third-order valence-corrected chi connectivity index (χ3v) is 5.65. The van der Waals surface area contributed by atoms with E-state index in [4.69, 9.17) is 11.6 Å². The van der Waals surface area contributed by atoms with Crippen molar-refractivity contribution in [2.24, 2.45) is 0 Å². The minimum absolute atomic E-state index is 0.159. The van der Waals surface area contributed by atoms with Crippen LogP contribution in [0.5, 0.6) is 0 Å². The summed E-state index contributed by atoms with van der Waals surface area (Å²) in [5.74, 6) is -0.409. The number of hydrogen-bond acceptors (Lipinski definition) is 4. The van der Waals surface area contributed by atoms with E-state index in [1.54, 1.807) is 53.6 Å². The molecule has 6 nitrogen and oxygen atoms in total. The Morgan fingerprint density at radius 1 is 0.969 bits per heavy atom. The van der Waals surface area contributed by atoms with E-state index in [9.17, 15) is 9.59 Å². The monoisotopic (exact) mass is 442 g/mol. The number of carbonyl (C=O) groups is 2. The van der Waals surface area contributed by atoms with E-state index in [2.05, 4.69) is 10.7 Å². The van der Waals surface area contributed by atoms with Gasteiger partial charge in [0.25, 0.3) is 11.8 Å². The van der Waals surface area contributed by atoms with Gasteiger partial charge in [0.15, 0.2) is 0 Å². The molecule has 0 spiro atoms. The lowest BCUT2D eigenvalue weighted by molar-refractivity contribution is 0.0995. The maximum atomic E-state index is 13.3. The second kappa shape index (κ2) is 7.90. The predicted octanol–water partition coefficient (Wildman–Crippen LogP) is 5.24. The van der Waals surface area contributed by atoms with Crippen molar-refractivity contribution in [3.8, 4) is 0 Å². The van der Waals surface area contributed by atoms with Crippen molar-refractivity contribution in [2.75, 3.05) is 15.2 Å². The molecule has 158 valence electrons. The summed E-state index contributed by atoms with van der Waals surface area (Å²) in [6.45, 7) is 1.86. The molecule has 0 unspecified atom stereocenters. The number of rotatable bonds is 3. The molecule has 0 fully saturated rings. The lowest BCUT2D eigenvalue weighted by Crippen LogP contribution is -2.37. The molecule has 3 aromatic rings. The Hall–Kier alpha value is -4.03. The molecule has 2 aliphatic heterocycles. The van der Waals surface area contributed by atoms with Crippen molar-refractivity contribution < 1.29 is 9.59 Å². The molecule has 0 atom stereocenters.